The minimum atomic E-state index is 0.0598. The van der Waals surface area contributed by atoms with E-state index in [9.17, 15) is 0 Å². The molecule has 150 valence electrons. The van der Waals surface area contributed by atoms with Crippen molar-refractivity contribution in [2.45, 2.75) is 40.5 Å². The minimum absolute atomic E-state index is 0.0598. The predicted molar refractivity (Wildman–Crippen MR) is 115 cm³/mol. The Labute approximate surface area is 173 Å². The molecule has 0 radical (unpaired) electrons. The number of anilines is 2. The van der Waals surface area contributed by atoms with Crippen LogP contribution in [0, 0.1) is 41.9 Å². The summed E-state index contributed by atoms with van der Waals surface area (Å²) in [6, 6.07) is 4.12. The molecule has 0 fully saturated rings. The van der Waals surface area contributed by atoms with Gasteiger partial charge in [-0.05, 0) is 32.3 Å². The molecular weight excluding hydrogens is 394 g/mol. The lowest BCUT2D eigenvalue weighted by Gasteiger charge is -2.06. The molecule has 5 N–H and O–H groups in total. The van der Waals surface area contributed by atoms with Crippen LogP contribution in [0.4, 0.5) is 10.0 Å². The highest BCUT2D eigenvalue weighted by molar-refractivity contribution is 7.18. The lowest BCUT2D eigenvalue weighted by atomic mass is 10.1. The van der Waals surface area contributed by atoms with Crippen LogP contribution in [-0.2, 0) is 4.74 Å². The number of nitrogens with zero attached hydrogens (tertiary/aromatic N) is 2. The Morgan fingerprint density at radius 1 is 1.00 bits per heavy atom. The van der Waals surface area contributed by atoms with E-state index >= 15 is 0 Å². The summed E-state index contributed by atoms with van der Waals surface area (Å²) in [4.78, 5) is 0.548. The van der Waals surface area contributed by atoms with Gasteiger partial charge in [-0.1, -0.05) is 25.2 Å². The van der Waals surface area contributed by atoms with E-state index in [1.54, 1.807) is 6.92 Å². The number of ether oxygens (including phenoxy) is 2. The van der Waals surface area contributed by atoms with Crippen LogP contribution in [0.5, 0.6) is 5.06 Å². The Morgan fingerprint density at radius 3 is 2.11 bits per heavy atom. The maximum absolute atomic E-state index is 8.81. The van der Waals surface area contributed by atoms with Crippen molar-refractivity contribution in [1.82, 2.24) is 0 Å². The molecule has 2 aromatic rings. The zero-order valence-corrected chi connectivity index (χ0v) is 18.1. The lowest BCUT2D eigenvalue weighted by Crippen LogP contribution is -2.08. The number of nitrogen functional groups attached to an aromatic ring is 2. The van der Waals surface area contributed by atoms with Gasteiger partial charge in [0.2, 0.25) is 5.90 Å². The van der Waals surface area contributed by atoms with Crippen molar-refractivity contribution >= 4 is 38.6 Å². The second-order valence-corrected chi connectivity index (χ2v) is 7.87. The quantitative estimate of drug-likeness (QED) is 0.463. The van der Waals surface area contributed by atoms with Crippen LogP contribution in [0.1, 0.15) is 53.8 Å². The standard InChI is InChI=1S/C10H13N3OS.C9H12N2OS/c1-3-4-14-9(12)8-6(2)7(5-11)15-10(8)13;1-3-4-12-9-6(2)7(5-10)8(11)13-9/h12H,3-4,13H2,1-2H3;3-4,11H2,1-2H3. The van der Waals surface area contributed by atoms with E-state index in [1.807, 2.05) is 20.8 Å². The minimum Gasteiger partial charge on any atom is -0.484 e. The second-order valence-electron chi connectivity index (χ2n) is 5.80. The summed E-state index contributed by atoms with van der Waals surface area (Å²) in [6.45, 7) is 8.82. The highest BCUT2D eigenvalue weighted by atomic mass is 32.1. The third-order valence-corrected chi connectivity index (χ3v) is 5.69. The van der Waals surface area contributed by atoms with Crippen molar-refractivity contribution in [3.05, 3.63) is 27.1 Å². The number of hydrogen-bond donors (Lipinski definition) is 3. The van der Waals surface area contributed by atoms with Gasteiger partial charge in [-0.25, -0.2) is 0 Å². The van der Waals surface area contributed by atoms with Gasteiger partial charge >= 0.3 is 0 Å². The molecule has 0 saturated carbocycles. The van der Waals surface area contributed by atoms with Crippen LogP contribution in [0.25, 0.3) is 0 Å². The summed E-state index contributed by atoms with van der Waals surface area (Å²) in [6.07, 6.45) is 1.80. The number of hydrogen-bond acceptors (Lipinski definition) is 9. The number of nitrogens with two attached hydrogens (primary N) is 2. The van der Waals surface area contributed by atoms with E-state index in [0.717, 1.165) is 29.0 Å². The third-order valence-electron chi connectivity index (χ3n) is 3.63. The Morgan fingerprint density at radius 2 is 1.64 bits per heavy atom. The summed E-state index contributed by atoms with van der Waals surface area (Å²) >= 11 is 2.54. The fourth-order valence-electron chi connectivity index (χ4n) is 2.19. The van der Waals surface area contributed by atoms with Crippen molar-refractivity contribution < 1.29 is 9.47 Å². The molecule has 0 aliphatic carbocycles. The SMILES string of the molecule is CCCOC(=N)c1c(N)sc(C#N)c1C.CCCOc1sc(N)c(C#N)c1C. The summed E-state index contributed by atoms with van der Waals surface area (Å²) in [7, 11) is 0. The van der Waals surface area contributed by atoms with Crippen LogP contribution >= 0.6 is 22.7 Å². The number of nitrogens with one attached hydrogen (secondary N) is 1. The lowest BCUT2D eigenvalue weighted by molar-refractivity contribution is 0.303. The molecule has 0 aliphatic rings. The molecule has 2 aromatic heterocycles. The fraction of sp³-hybridized carbons (Fsp3) is 0.421. The van der Waals surface area contributed by atoms with E-state index in [2.05, 4.69) is 12.1 Å². The van der Waals surface area contributed by atoms with Crippen LogP contribution in [0.2, 0.25) is 0 Å². The van der Waals surface area contributed by atoms with Gasteiger partial charge in [-0.15, -0.1) is 11.3 Å². The van der Waals surface area contributed by atoms with Gasteiger partial charge in [-0.3, -0.25) is 5.41 Å². The Kier molecular flexibility index (Phi) is 9.29. The van der Waals surface area contributed by atoms with E-state index in [4.69, 9.17) is 36.9 Å². The first-order valence-electron chi connectivity index (χ1n) is 8.74. The topological polar surface area (TPSA) is 142 Å². The molecule has 7 nitrogen and oxygen atoms in total. The molecule has 28 heavy (non-hydrogen) atoms. The molecular formula is C19H25N5O2S2. The molecule has 0 unspecified atom stereocenters. The summed E-state index contributed by atoms with van der Waals surface area (Å²) in [5.41, 5.74) is 14.1. The second kappa shape index (κ2) is 11.2. The maximum atomic E-state index is 8.81. The maximum Gasteiger partial charge on any atom is 0.216 e. The van der Waals surface area contributed by atoms with Gasteiger partial charge < -0.3 is 20.9 Å². The smallest absolute Gasteiger partial charge is 0.216 e. The van der Waals surface area contributed by atoms with Gasteiger partial charge in [0, 0.05) is 5.56 Å². The van der Waals surface area contributed by atoms with E-state index in [-0.39, 0.29) is 5.90 Å². The number of rotatable bonds is 6. The molecule has 0 saturated heterocycles. The third kappa shape index (κ3) is 5.62. The largest absolute Gasteiger partial charge is 0.484 e. The van der Waals surface area contributed by atoms with E-state index in [0.29, 0.717) is 39.2 Å². The molecule has 2 heterocycles. The van der Waals surface area contributed by atoms with Crippen LogP contribution in [0.3, 0.4) is 0 Å². The highest BCUT2D eigenvalue weighted by Crippen LogP contribution is 2.36. The van der Waals surface area contributed by atoms with Gasteiger partial charge in [0.1, 0.15) is 27.0 Å². The van der Waals surface area contributed by atoms with Crippen molar-refractivity contribution in [1.29, 1.82) is 15.9 Å². The number of thiophene rings is 2. The van der Waals surface area contributed by atoms with Crippen molar-refractivity contribution in [3.63, 3.8) is 0 Å². The molecule has 0 aromatic carbocycles. The van der Waals surface area contributed by atoms with Crippen molar-refractivity contribution in [2.75, 3.05) is 24.7 Å². The Hall–Kier alpha value is -2.75. The zero-order chi connectivity index (χ0) is 21.3. The first kappa shape index (κ1) is 23.3. The van der Waals surface area contributed by atoms with Gasteiger partial charge in [0.15, 0.2) is 5.06 Å². The van der Waals surface area contributed by atoms with Crippen molar-refractivity contribution in [3.8, 4) is 17.2 Å². The molecule has 0 bridgehead atoms. The summed E-state index contributed by atoms with van der Waals surface area (Å²) < 4.78 is 10.6. The number of nitriles is 2. The molecule has 0 spiro atoms. The van der Waals surface area contributed by atoms with Crippen LogP contribution < -0.4 is 16.2 Å². The average Bonchev–Trinajstić information content (AvgIpc) is 3.12. The average molecular weight is 420 g/mol. The zero-order valence-electron chi connectivity index (χ0n) is 16.5. The van der Waals surface area contributed by atoms with Gasteiger partial charge in [0.25, 0.3) is 0 Å². The Balaban J connectivity index is 0.000000283. The van der Waals surface area contributed by atoms with Crippen LogP contribution in [0.15, 0.2) is 0 Å². The highest BCUT2D eigenvalue weighted by Gasteiger charge is 2.17. The fourth-order valence-corrected chi connectivity index (χ4v) is 3.95. The van der Waals surface area contributed by atoms with E-state index in [1.165, 1.54) is 22.7 Å². The van der Waals surface area contributed by atoms with Crippen LogP contribution in [-0.4, -0.2) is 19.1 Å². The van der Waals surface area contributed by atoms with Crippen molar-refractivity contribution in [2.24, 2.45) is 0 Å². The molecule has 2 rings (SSSR count). The van der Waals surface area contributed by atoms with E-state index < -0.39 is 0 Å². The first-order chi connectivity index (χ1) is 13.3. The Bertz CT molecular complexity index is 903. The predicted octanol–water partition coefficient (Wildman–Crippen LogP) is 4.56. The molecule has 9 heteroatoms. The molecule has 0 atom stereocenters. The first-order valence-corrected chi connectivity index (χ1v) is 10.4. The molecule has 0 aliphatic heterocycles. The van der Waals surface area contributed by atoms with Gasteiger partial charge in [0.05, 0.1) is 24.3 Å². The summed E-state index contributed by atoms with van der Waals surface area (Å²) in [5.74, 6) is 0.0598. The monoisotopic (exact) mass is 419 g/mol. The summed E-state index contributed by atoms with van der Waals surface area (Å²) in [5, 5.41) is 27.1. The van der Waals surface area contributed by atoms with Gasteiger partial charge in [-0.2, -0.15) is 10.5 Å². The molecule has 0 amide bonds. The normalized spacial score (nSPS) is 9.64.